The molecule has 1 aliphatic carbocycles. The molecular weight excluding hydrogens is 318 g/mol. The molecule has 2 aliphatic heterocycles. The van der Waals surface area contributed by atoms with E-state index in [-0.39, 0.29) is 17.6 Å². The zero-order chi connectivity index (χ0) is 15.3. The molecule has 2 unspecified atom stereocenters. The molecule has 7 nitrogen and oxygen atoms in total. The monoisotopic (exact) mass is 337 g/mol. The quantitative estimate of drug-likeness (QED) is 0.749. The van der Waals surface area contributed by atoms with Crippen LogP contribution in [0.1, 0.15) is 32.1 Å². The van der Waals surface area contributed by atoms with Crippen LogP contribution in [0.3, 0.4) is 0 Å². The van der Waals surface area contributed by atoms with Gasteiger partial charge in [0.1, 0.15) is 6.10 Å². The molecule has 1 saturated carbocycles. The van der Waals surface area contributed by atoms with Gasteiger partial charge in [-0.3, -0.25) is 9.52 Å². The highest BCUT2D eigenvalue weighted by Crippen LogP contribution is 2.49. The molecule has 2 heterocycles. The van der Waals surface area contributed by atoms with E-state index in [1.807, 2.05) is 4.72 Å². The Hall–Kier alpha value is -0.670. The molecule has 2 saturated heterocycles. The van der Waals surface area contributed by atoms with Crippen LogP contribution in [0.15, 0.2) is 0 Å². The van der Waals surface area contributed by atoms with Crippen molar-refractivity contribution in [3.05, 3.63) is 0 Å². The fourth-order valence-corrected chi connectivity index (χ4v) is 7.31. The van der Waals surface area contributed by atoms with Crippen molar-refractivity contribution in [3.8, 4) is 0 Å². The van der Waals surface area contributed by atoms with Crippen LogP contribution in [0.5, 0.6) is 0 Å². The Morgan fingerprint density at radius 3 is 2.48 bits per heavy atom. The summed E-state index contributed by atoms with van der Waals surface area (Å²) in [6, 6.07) is 0. The molecule has 1 N–H and O–H groups in total. The van der Waals surface area contributed by atoms with Crippen LogP contribution >= 0.6 is 0 Å². The number of carbonyl (C=O) groups is 1. The van der Waals surface area contributed by atoms with Gasteiger partial charge in [-0.15, -0.1) is 0 Å². The van der Waals surface area contributed by atoms with Crippen LogP contribution in [-0.4, -0.2) is 52.2 Å². The fourth-order valence-electron chi connectivity index (χ4n) is 3.28. The Morgan fingerprint density at radius 2 is 2.00 bits per heavy atom. The SMILES string of the molecule is O=C(NS(=O)(=O)C1CCS(=O)(=O)C1)C1CC2(CCC2)CO1. The maximum atomic E-state index is 12.1. The first-order valence-corrected chi connectivity index (χ1v) is 10.5. The molecule has 0 bridgehead atoms. The number of sulfone groups is 1. The number of rotatable bonds is 3. The van der Waals surface area contributed by atoms with Gasteiger partial charge in [0.2, 0.25) is 10.0 Å². The minimum atomic E-state index is -3.95. The molecule has 0 aromatic carbocycles. The van der Waals surface area contributed by atoms with Crippen LogP contribution < -0.4 is 4.72 Å². The summed E-state index contributed by atoms with van der Waals surface area (Å²) < 4.78 is 54.3. The second-order valence-electron chi connectivity index (χ2n) is 6.39. The topological polar surface area (TPSA) is 107 Å². The Labute approximate surface area is 124 Å². The van der Waals surface area contributed by atoms with Crippen molar-refractivity contribution in [2.75, 3.05) is 18.1 Å². The summed E-state index contributed by atoms with van der Waals surface area (Å²) in [4.78, 5) is 12.0. The Balaban J connectivity index is 1.62. The molecular formula is C12H19NO6S2. The molecule has 9 heteroatoms. The van der Waals surface area contributed by atoms with Crippen molar-refractivity contribution in [1.82, 2.24) is 4.72 Å². The number of hydrogen-bond acceptors (Lipinski definition) is 6. The Bertz CT molecular complexity index is 649. The molecule has 120 valence electrons. The van der Waals surface area contributed by atoms with E-state index < -0.39 is 42.9 Å². The molecule has 3 fully saturated rings. The van der Waals surface area contributed by atoms with Gasteiger partial charge in [-0.2, -0.15) is 0 Å². The molecule has 2 atom stereocenters. The summed E-state index contributed by atoms with van der Waals surface area (Å²) in [6.07, 6.45) is 3.01. The second kappa shape index (κ2) is 4.92. The highest BCUT2D eigenvalue weighted by molar-refractivity contribution is 7.95. The highest BCUT2D eigenvalue weighted by Gasteiger charge is 2.48. The average molecular weight is 337 g/mol. The van der Waals surface area contributed by atoms with Gasteiger partial charge in [-0.1, -0.05) is 6.42 Å². The lowest BCUT2D eigenvalue weighted by Gasteiger charge is -2.36. The smallest absolute Gasteiger partial charge is 0.262 e. The van der Waals surface area contributed by atoms with Gasteiger partial charge in [0, 0.05) is 0 Å². The van der Waals surface area contributed by atoms with E-state index in [4.69, 9.17) is 4.74 Å². The minimum absolute atomic E-state index is 0.0421. The number of carbonyl (C=O) groups excluding carboxylic acids is 1. The van der Waals surface area contributed by atoms with Gasteiger partial charge < -0.3 is 4.74 Å². The third-order valence-electron chi connectivity index (χ3n) is 4.79. The van der Waals surface area contributed by atoms with Crippen molar-refractivity contribution in [3.63, 3.8) is 0 Å². The summed E-state index contributed by atoms with van der Waals surface area (Å²) in [5.41, 5.74) is 0.0580. The van der Waals surface area contributed by atoms with E-state index in [1.165, 1.54) is 0 Å². The van der Waals surface area contributed by atoms with E-state index in [0.717, 1.165) is 19.3 Å². The van der Waals surface area contributed by atoms with E-state index in [2.05, 4.69) is 0 Å². The van der Waals surface area contributed by atoms with Crippen molar-refractivity contribution in [1.29, 1.82) is 0 Å². The van der Waals surface area contributed by atoms with Crippen LogP contribution in [-0.2, 0) is 29.4 Å². The van der Waals surface area contributed by atoms with Crippen LogP contribution in [0.4, 0.5) is 0 Å². The molecule has 0 aromatic rings. The lowest BCUT2D eigenvalue weighted by molar-refractivity contribution is -0.128. The molecule has 0 radical (unpaired) electrons. The van der Waals surface area contributed by atoms with Crippen molar-refractivity contribution < 1.29 is 26.4 Å². The lowest BCUT2D eigenvalue weighted by atomic mass is 9.67. The van der Waals surface area contributed by atoms with Crippen LogP contribution in [0.25, 0.3) is 0 Å². The Kier molecular flexibility index (Phi) is 3.57. The third kappa shape index (κ3) is 2.95. The molecule has 21 heavy (non-hydrogen) atoms. The summed E-state index contributed by atoms with van der Waals surface area (Å²) in [5.74, 6) is -1.22. The van der Waals surface area contributed by atoms with Crippen molar-refractivity contribution >= 4 is 25.8 Å². The summed E-state index contributed by atoms with van der Waals surface area (Å²) in [6.45, 7) is 0.503. The molecule has 1 spiro atoms. The van der Waals surface area contributed by atoms with E-state index >= 15 is 0 Å². The first-order valence-electron chi connectivity index (χ1n) is 7.09. The van der Waals surface area contributed by atoms with Gasteiger partial charge >= 0.3 is 0 Å². The lowest BCUT2D eigenvalue weighted by Crippen LogP contribution is -2.44. The largest absolute Gasteiger partial charge is 0.368 e. The van der Waals surface area contributed by atoms with Crippen LogP contribution in [0, 0.1) is 5.41 Å². The van der Waals surface area contributed by atoms with Crippen molar-refractivity contribution in [2.24, 2.45) is 5.41 Å². The predicted molar refractivity (Wildman–Crippen MR) is 74.8 cm³/mol. The summed E-state index contributed by atoms with van der Waals surface area (Å²) in [5, 5.41) is -1.04. The minimum Gasteiger partial charge on any atom is -0.368 e. The van der Waals surface area contributed by atoms with Gasteiger partial charge in [-0.05, 0) is 31.1 Å². The third-order valence-corrected chi connectivity index (χ3v) is 8.53. The summed E-state index contributed by atoms with van der Waals surface area (Å²) in [7, 11) is -7.26. The first kappa shape index (κ1) is 15.2. The maximum absolute atomic E-state index is 12.1. The van der Waals surface area contributed by atoms with Crippen molar-refractivity contribution in [2.45, 2.75) is 43.5 Å². The van der Waals surface area contributed by atoms with Gasteiger partial charge in [-0.25, -0.2) is 16.8 Å². The zero-order valence-electron chi connectivity index (χ0n) is 11.6. The number of hydrogen-bond donors (Lipinski definition) is 1. The summed E-state index contributed by atoms with van der Waals surface area (Å²) >= 11 is 0. The van der Waals surface area contributed by atoms with Gasteiger partial charge in [0.15, 0.2) is 9.84 Å². The zero-order valence-corrected chi connectivity index (χ0v) is 13.2. The van der Waals surface area contributed by atoms with E-state index in [9.17, 15) is 21.6 Å². The second-order valence-corrected chi connectivity index (χ2v) is 10.6. The van der Waals surface area contributed by atoms with Crippen LogP contribution in [0.2, 0.25) is 0 Å². The van der Waals surface area contributed by atoms with Gasteiger partial charge in [0.25, 0.3) is 5.91 Å². The average Bonchev–Trinajstić information content (AvgIpc) is 2.91. The predicted octanol–water partition coefficient (Wildman–Crippen LogP) is -0.421. The molecule has 1 amide bonds. The normalized spacial score (nSPS) is 33.7. The van der Waals surface area contributed by atoms with E-state index in [0.29, 0.717) is 13.0 Å². The highest BCUT2D eigenvalue weighted by atomic mass is 32.2. The fraction of sp³-hybridized carbons (Fsp3) is 0.917. The van der Waals surface area contributed by atoms with Gasteiger partial charge in [0.05, 0.1) is 23.4 Å². The number of amides is 1. The molecule has 0 aromatic heterocycles. The number of ether oxygens (including phenoxy) is 1. The molecule has 3 aliphatic rings. The number of nitrogens with one attached hydrogen (secondary N) is 1. The Morgan fingerprint density at radius 1 is 1.29 bits per heavy atom. The first-order chi connectivity index (χ1) is 9.72. The number of sulfonamides is 1. The standard InChI is InChI=1S/C12H19NO6S2/c14-11(10-6-12(8-19-10)3-1-4-12)13-21(17,18)9-2-5-20(15,16)7-9/h9-10H,1-8H2,(H,13,14). The maximum Gasteiger partial charge on any atom is 0.262 e. The molecule has 3 rings (SSSR count). The van der Waals surface area contributed by atoms with E-state index in [1.54, 1.807) is 0 Å².